The molecule has 1 nitrogen and oxygen atoms in total. The van der Waals surface area contributed by atoms with Crippen molar-refractivity contribution < 1.29 is 0 Å². The largest absolute Gasteiger partial charge is 0.192 e. The molecule has 0 spiro atoms. The SMILES string of the molecule is N#Cc1ccc(CSC(C=Cc2ccc(Cl)cc2)c2ccc(Cl)cc2)cc1. The molecule has 1 unspecified atom stereocenters. The predicted molar refractivity (Wildman–Crippen MR) is 117 cm³/mol. The third-order valence-corrected chi connectivity index (χ3v) is 5.84. The number of hydrogen-bond acceptors (Lipinski definition) is 2. The molecule has 0 heterocycles. The lowest BCUT2D eigenvalue weighted by molar-refractivity contribution is 1.22. The van der Waals surface area contributed by atoms with Crippen LogP contribution in [0.3, 0.4) is 0 Å². The van der Waals surface area contributed by atoms with Crippen molar-refractivity contribution in [2.24, 2.45) is 0 Å². The standard InChI is InChI=1S/C23H17Cl2NS/c24-21-10-5-17(6-11-21)7-14-23(20-8-12-22(25)13-9-20)27-16-19-3-1-18(15-26)2-4-19/h1-14,23H,16H2. The van der Waals surface area contributed by atoms with Gasteiger partial charge in [-0.2, -0.15) is 5.26 Å². The zero-order valence-corrected chi connectivity index (χ0v) is 16.8. The summed E-state index contributed by atoms with van der Waals surface area (Å²) in [4.78, 5) is 0. The summed E-state index contributed by atoms with van der Waals surface area (Å²) < 4.78 is 0. The van der Waals surface area contributed by atoms with E-state index >= 15 is 0 Å². The number of nitriles is 1. The molecule has 0 aliphatic rings. The Balaban J connectivity index is 1.77. The highest BCUT2D eigenvalue weighted by Crippen LogP contribution is 2.34. The number of nitrogens with zero attached hydrogens (tertiary/aromatic N) is 1. The third-order valence-electron chi connectivity index (χ3n) is 4.04. The monoisotopic (exact) mass is 409 g/mol. The zero-order valence-electron chi connectivity index (χ0n) is 14.5. The second-order valence-electron chi connectivity index (χ2n) is 6.00. The molecule has 0 aliphatic heterocycles. The Labute approximate surface area is 174 Å². The van der Waals surface area contributed by atoms with Crippen LogP contribution in [-0.2, 0) is 5.75 Å². The number of hydrogen-bond donors (Lipinski definition) is 0. The highest BCUT2D eigenvalue weighted by Gasteiger charge is 2.09. The highest BCUT2D eigenvalue weighted by atomic mass is 35.5. The molecule has 0 aliphatic carbocycles. The minimum Gasteiger partial charge on any atom is -0.192 e. The first-order chi connectivity index (χ1) is 13.1. The fourth-order valence-corrected chi connectivity index (χ4v) is 3.90. The van der Waals surface area contributed by atoms with Crippen LogP contribution in [0.15, 0.2) is 78.9 Å². The summed E-state index contributed by atoms with van der Waals surface area (Å²) in [6.45, 7) is 0. The van der Waals surface area contributed by atoms with Crippen molar-refractivity contribution in [2.45, 2.75) is 11.0 Å². The van der Waals surface area contributed by atoms with Gasteiger partial charge in [0.05, 0.1) is 11.6 Å². The van der Waals surface area contributed by atoms with E-state index in [1.807, 2.05) is 72.4 Å². The van der Waals surface area contributed by atoms with Gasteiger partial charge in [-0.3, -0.25) is 0 Å². The summed E-state index contributed by atoms with van der Waals surface area (Å²) in [5.41, 5.74) is 4.18. The van der Waals surface area contributed by atoms with E-state index in [2.05, 4.69) is 30.4 Å². The molecule has 0 N–H and O–H groups in total. The van der Waals surface area contributed by atoms with Crippen LogP contribution in [0.25, 0.3) is 6.08 Å². The zero-order chi connectivity index (χ0) is 19.1. The summed E-state index contributed by atoms with van der Waals surface area (Å²) in [5, 5.41) is 10.6. The van der Waals surface area contributed by atoms with Gasteiger partial charge < -0.3 is 0 Å². The van der Waals surface area contributed by atoms with Gasteiger partial charge in [-0.25, -0.2) is 0 Å². The Morgan fingerprint density at radius 2 is 1.44 bits per heavy atom. The Morgan fingerprint density at radius 1 is 0.852 bits per heavy atom. The van der Waals surface area contributed by atoms with Crippen molar-refractivity contribution in [2.75, 3.05) is 0 Å². The van der Waals surface area contributed by atoms with Crippen LogP contribution in [0.5, 0.6) is 0 Å². The quantitative estimate of drug-likeness (QED) is 0.419. The maximum absolute atomic E-state index is 8.93. The van der Waals surface area contributed by atoms with E-state index in [-0.39, 0.29) is 5.25 Å². The molecule has 0 fully saturated rings. The summed E-state index contributed by atoms with van der Waals surface area (Å²) in [5.74, 6) is 0.851. The van der Waals surface area contributed by atoms with E-state index in [9.17, 15) is 0 Å². The predicted octanol–water partition coefficient (Wildman–Crippen LogP) is 7.55. The van der Waals surface area contributed by atoms with Crippen molar-refractivity contribution in [3.05, 3.63) is 111 Å². The van der Waals surface area contributed by atoms with E-state index in [0.717, 1.165) is 21.4 Å². The lowest BCUT2D eigenvalue weighted by Gasteiger charge is -2.14. The molecule has 4 heteroatoms. The van der Waals surface area contributed by atoms with E-state index < -0.39 is 0 Å². The fourth-order valence-electron chi connectivity index (χ4n) is 2.55. The van der Waals surface area contributed by atoms with Gasteiger partial charge in [0.2, 0.25) is 0 Å². The summed E-state index contributed by atoms with van der Waals surface area (Å²) in [7, 11) is 0. The smallest absolute Gasteiger partial charge is 0.0991 e. The van der Waals surface area contributed by atoms with Crippen LogP contribution in [0.1, 0.15) is 27.5 Å². The van der Waals surface area contributed by atoms with Gasteiger partial charge in [0, 0.05) is 21.0 Å². The van der Waals surface area contributed by atoms with Gasteiger partial charge in [0.25, 0.3) is 0 Å². The van der Waals surface area contributed by atoms with Gasteiger partial charge in [-0.15, -0.1) is 11.8 Å². The molecule has 3 rings (SSSR count). The van der Waals surface area contributed by atoms with Gasteiger partial charge in [-0.05, 0) is 53.1 Å². The maximum atomic E-state index is 8.93. The first-order valence-corrected chi connectivity index (χ1v) is 10.2. The molecule has 0 bridgehead atoms. The Bertz CT molecular complexity index is 940. The Hall–Kier alpha value is -2.18. The van der Waals surface area contributed by atoms with Crippen molar-refractivity contribution in [3.63, 3.8) is 0 Å². The lowest BCUT2D eigenvalue weighted by Crippen LogP contribution is -1.92. The highest BCUT2D eigenvalue weighted by molar-refractivity contribution is 7.98. The van der Waals surface area contributed by atoms with Crippen LogP contribution in [-0.4, -0.2) is 0 Å². The molecule has 3 aromatic rings. The van der Waals surface area contributed by atoms with Gasteiger partial charge in [0.15, 0.2) is 0 Å². The number of rotatable bonds is 6. The van der Waals surface area contributed by atoms with Gasteiger partial charge in [-0.1, -0.05) is 71.8 Å². The van der Waals surface area contributed by atoms with Crippen LogP contribution >= 0.6 is 35.0 Å². The van der Waals surface area contributed by atoms with Crippen molar-refractivity contribution >= 4 is 41.0 Å². The van der Waals surface area contributed by atoms with Crippen LogP contribution in [0.4, 0.5) is 0 Å². The molecule has 27 heavy (non-hydrogen) atoms. The summed E-state index contributed by atoms with van der Waals surface area (Å²) in [6, 6.07) is 25.6. The Kier molecular flexibility index (Phi) is 7.01. The molecule has 0 aromatic heterocycles. The average molecular weight is 410 g/mol. The maximum Gasteiger partial charge on any atom is 0.0991 e. The molecule has 0 radical (unpaired) electrons. The molecular formula is C23H17Cl2NS. The number of thioether (sulfide) groups is 1. The van der Waals surface area contributed by atoms with E-state index in [0.29, 0.717) is 5.56 Å². The molecule has 0 saturated carbocycles. The second-order valence-corrected chi connectivity index (χ2v) is 8.01. The van der Waals surface area contributed by atoms with Crippen molar-refractivity contribution in [1.29, 1.82) is 5.26 Å². The van der Waals surface area contributed by atoms with Gasteiger partial charge >= 0.3 is 0 Å². The molecule has 0 saturated heterocycles. The summed E-state index contributed by atoms with van der Waals surface area (Å²) in [6.07, 6.45) is 4.31. The third kappa shape index (κ3) is 5.91. The second kappa shape index (κ2) is 9.67. The van der Waals surface area contributed by atoms with Gasteiger partial charge in [0.1, 0.15) is 0 Å². The van der Waals surface area contributed by atoms with E-state index in [1.165, 1.54) is 11.1 Å². The minimum absolute atomic E-state index is 0.189. The van der Waals surface area contributed by atoms with E-state index in [1.54, 1.807) is 0 Å². The number of benzene rings is 3. The lowest BCUT2D eigenvalue weighted by atomic mass is 10.1. The molecule has 3 aromatic carbocycles. The minimum atomic E-state index is 0.189. The Morgan fingerprint density at radius 3 is 2.04 bits per heavy atom. The molecular weight excluding hydrogens is 393 g/mol. The van der Waals surface area contributed by atoms with Crippen LogP contribution in [0, 0.1) is 11.3 Å². The van der Waals surface area contributed by atoms with Crippen molar-refractivity contribution in [3.8, 4) is 6.07 Å². The first-order valence-electron chi connectivity index (χ1n) is 8.44. The first kappa shape index (κ1) is 19.6. The average Bonchev–Trinajstić information content (AvgIpc) is 2.70. The van der Waals surface area contributed by atoms with Crippen molar-refractivity contribution in [1.82, 2.24) is 0 Å². The van der Waals surface area contributed by atoms with Crippen LogP contribution in [0.2, 0.25) is 10.0 Å². The van der Waals surface area contributed by atoms with E-state index in [4.69, 9.17) is 28.5 Å². The normalized spacial score (nSPS) is 12.0. The number of halogens is 2. The summed E-state index contributed by atoms with van der Waals surface area (Å²) >= 11 is 13.8. The van der Waals surface area contributed by atoms with Crippen LogP contribution < -0.4 is 0 Å². The topological polar surface area (TPSA) is 23.8 Å². The molecule has 1 atom stereocenters. The molecule has 134 valence electrons. The molecule has 0 amide bonds. The fraction of sp³-hybridized carbons (Fsp3) is 0.0870.